The van der Waals surface area contributed by atoms with E-state index >= 15 is 0 Å². The van der Waals surface area contributed by atoms with Gasteiger partial charge >= 0.3 is 6.03 Å². The maximum atomic E-state index is 14.0. The summed E-state index contributed by atoms with van der Waals surface area (Å²) in [6.07, 6.45) is 3.17. The summed E-state index contributed by atoms with van der Waals surface area (Å²) in [5.41, 5.74) is 1.94. The number of ether oxygens (including phenoxy) is 1. The zero-order valence-corrected chi connectivity index (χ0v) is 25.3. The molecule has 236 valence electrons. The van der Waals surface area contributed by atoms with Crippen molar-refractivity contribution in [2.24, 2.45) is 10.9 Å². The van der Waals surface area contributed by atoms with Crippen LogP contribution in [0.2, 0.25) is 0 Å². The minimum absolute atomic E-state index is 0.158. The maximum Gasteiger partial charge on any atom is 0.329 e. The van der Waals surface area contributed by atoms with E-state index in [1.54, 1.807) is 32.2 Å². The van der Waals surface area contributed by atoms with E-state index in [4.69, 9.17) is 9.73 Å². The number of likely N-dealkylation sites (tertiary alicyclic amines) is 1. The number of carbonyl (C=O) groups is 2. The summed E-state index contributed by atoms with van der Waals surface area (Å²) in [5.74, 6) is -2.75. The van der Waals surface area contributed by atoms with E-state index in [2.05, 4.69) is 10.6 Å². The van der Waals surface area contributed by atoms with Crippen molar-refractivity contribution in [2.75, 3.05) is 31.6 Å². The number of aliphatic imine (C=N–C) groups is 1. The summed E-state index contributed by atoms with van der Waals surface area (Å²) < 4.78 is 46.8. The van der Waals surface area contributed by atoms with Gasteiger partial charge < -0.3 is 20.3 Å². The van der Waals surface area contributed by atoms with Crippen LogP contribution in [0, 0.1) is 23.4 Å². The molecule has 1 aliphatic carbocycles. The van der Waals surface area contributed by atoms with Crippen molar-refractivity contribution in [1.29, 1.82) is 0 Å². The third kappa shape index (κ3) is 6.34. The number of anilines is 1. The van der Waals surface area contributed by atoms with Crippen LogP contribution in [0.1, 0.15) is 48.8 Å². The molecular formula is C34H36F3N5O3. The molecule has 11 heteroatoms. The molecule has 45 heavy (non-hydrogen) atoms. The zero-order chi connectivity index (χ0) is 31.7. The fraction of sp³-hybridized carbons (Fsp3) is 0.382. The van der Waals surface area contributed by atoms with E-state index in [0.717, 1.165) is 48.3 Å². The number of hydrogen-bond donors (Lipinski definition) is 2. The van der Waals surface area contributed by atoms with Crippen molar-refractivity contribution < 1.29 is 27.5 Å². The Labute approximate surface area is 260 Å². The number of benzene rings is 3. The molecule has 0 bridgehead atoms. The van der Waals surface area contributed by atoms with E-state index in [9.17, 15) is 22.8 Å². The number of nitrogens with zero attached hydrogens (tertiary/aromatic N) is 3. The lowest BCUT2D eigenvalue weighted by Gasteiger charge is -2.23. The second-order valence-electron chi connectivity index (χ2n) is 12.1. The fourth-order valence-corrected chi connectivity index (χ4v) is 6.20. The number of imide groups is 1. The van der Waals surface area contributed by atoms with Gasteiger partial charge in [-0.3, -0.25) is 4.79 Å². The molecular weight excluding hydrogens is 583 g/mol. The maximum absolute atomic E-state index is 14.0. The van der Waals surface area contributed by atoms with Gasteiger partial charge in [0.2, 0.25) is 0 Å². The number of hydrogen-bond acceptors (Lipinski definition) is 4. The van der Waals surface area contributed by atoms with Crippen LogP contribution in [0.4, 0.5) is 23.7 Å². The Hall–Kier alpha value is -4.54. The summed E-state index contributed by atoms with van der Waals surface area (Å²) in [5, 5.41) is 6.32. The molecule has 2 saturated heterocycles. The Kier molecular flexibility index (Phi) is 8.44. The van der Waals surface area contributed by atoms with Crippen molar-refractivity contribution in [3.8, 4) is 5.75 Å². The van der Waals surface area contributed by atoms with Gasteiger partial charge in [0.05, 0.1) is 19.3 Å². The SMILES string of the molecule is COc1ccc(CCNC(=NCc2cccc(N3C(=O)NC(C)(C4CC4)C3=O)c2)N2CCC(c3cc(F)c(F)c(F)c3)C2)cc1. The van der Waals surface area contributed by atoms with E-state index in [1.807, 2.05) is 35.2 Å². The van der Waals surface area contributed by atoms with Crippen LogP contribution in [0.5, 0.6) is 5.75 Å². The minimum Gasteiger partial charge on any atom is -0.497 e. The Morgan fingerprint density at radius 2 is 1.76 bits per heavy atom. The van der Waals surface area contributed by atoms with Crippen LogP contribution in [-0.4, -0.2) is 55.1 Å². The molecule has 2 atom stereocenters. The number of carbonyl (C=O) groups excluding carboxylic acids is 2. The van der Waals surface area contributed by atoms with E-state index in [0.29, 0.717) is 43.3 Å². The van der Waals surface area contributed by atoms with E-state index < -0.39 is 29.0 Å². The van der Waals surface area contributed by atoms with Gasteiger partial charge in [0.15, 0.2) is 23.4 Å². The lowest BCUT2D eigenvalue weighted by molar-refractivity contribution is -0.122. The Balaban J connectivity index is 1.19. The van der Waals surface area contributed by atoms with Gasteiger partial charge in [0.25, 0.3) is 5.91 Å². The van der Waals surface area contributed by atoms with Crippen molar-refractivity contribution in [3.05, 3.63) is 94.8 Å². The summed E-state index contributed by atoms with van der Waals surface area (Å²) in [7, 11) is 1.62. The van der Waals surface area contributed by atoms with Gasteiger partial charge in [-0.1, -0.05) is 24.3 Å². The van der Waals surface area contributed by atoms with Crippen LogP contribution >= 0.6 is 0 Å². The molecule has 3 aliphatic rings. The first kappa shape index (κ1) is 30.5. The first-order valence-electron chi connectivity index (χ1n) is 15.2. The van der Waals surface area contributed by atoms with Crippen LogP contribution in [0.15, 0.2) is 65.7 Å². The predicted molar refractivity (Wildman–Crippen MR) is 165 cm³/mol. The molecule has 3 aromatic rings. The first-order chi connectivity index (χ1) is 21.7. The molecule has 2 aliphatic heterocycles. The topological polar surface area (TPSA) is 86.3 Å². The summed E-state index contributed by atoms with van der Waals surface area (Å²) >= 11 is 0. The largest absolute Gasteiger partial charge is 0.497 e. The number of methoxy groups -OCH3 is 1. The molecule has 0 spiro atoms. The zero-order valence-electron chi connectivity index (χ0n) is 25.3. The Morgan fingerprint density at radius 1 is 1.02 bits per heavy atom. The highest BCUT2D eigenvalue weighted by atomic mass is 19.2. The van der Waals surface area contributed by atoms with Gasteiger partial charge in [-0.15, -0.1) is 0 Å². The lowest BCUT2D eigenvalue weighted by Crippen LogP contribution is -2.46. The molecule has 0 aromatic heterocycles. The van der Waals surface area contributed by atoms with Gasteiger partial charge in [-0.25, -0.2) is 27.9 Å². The van der Waals surface area contributed by atoms with Gasteiger partial charge in [0, 0.05) is 25.6 Å². The smallest absolute Gasteiger partial charge is 0.329 e. The molecule has 1 saturated carbocycles. The van der Waals surface area contributed by atoms with E-state index in [1.165, 1.54) is 4.90 Å². The molecule has 3 amide bonds. The fourth-order valence-electron chi connectivity index (χ4n) is 6.20. The number of urea groups is 1. The van der Waals surface area contributed by atoms with Crippen molar-refractivity contribution in [2.45, 2.75) is 50.6 Å². The summed E-state index contributed by atoms with van der Waals surface area (Å²) in [4.78, 5) is 34.2. The summed E-state index contributed by atoms with van der Waals surface area (Å²) in [6.45, 7) is 3.67. The molecule has 0 radical (unpaired) electrons. The normalized spacial score (nSPS) is 21.8. The predicted octanol–water partition coefficient (Wildman–Crippen LogP) is 5.52. The molecule has 2 unspecified atom stereocenters. The number of guanidine groups is 1. The molecule has 2 N–H and O–H groups in total. The van der Waals surface area contributed by atoms with Crippen molar-refractivity contribution in [1.82, 2.24) is 15.5 Å². The number of nitrogens with one attached hydrogen (secondary N) is 2. The average Bonchev–Trinajstić information content (AvgIpc) is 3.74. The molecule has 6 rings (SSSR count). The standard InChI is InChI=1S/C34H36F3N5O3/c1-34(25-8-9-25)31(43)42(33(44)40-34)26-5-3-4-22(16-26)19-39-32(38-14-12-21-6-10-27(45-2)11-7-21)41-15-13-23(20-41)24-17-28(35)30(37)29(36)18-24/h3-7,10-11,16-18,23,25H,8-9,12-15,19-20H2,1-2H3,(H,38,39)(H,40,44). The van der Waals surface area contributed by atoms with Gasteiger partial charge in [-0.05, 0) is 91.6 Å². The quantitative estimate of drug-likeness (QED) is 0.143. The minimum atomic E-state index is -1.47. The molecule has 3 aromatic carbocycles. The Morgan fingerprint density at radius 3 is 2.44 bits per heavy atom. The average molecular weight is 620 g/mol. The highest BCUT2D eigenvalue weighted by molar-refractivity contribution is 6.23. The van der Waals surface area contributed by atoms with Crippen LogP contribution in [0.3, 0.4) is 0 Å². The van der Waals surface area contributed by atoms with Crippen LogP contribution in [-0.2, 0) is 17.8 Å². The van der Waals surface area contributed by atoms with Crippen molar-refractivity contribution in [3.63, 3.8) is 0 Å². The van der Waals surface area contributed by atoms with Crippen molar-refractivity contribution >= 4 is 23.6 Å². The number of amides is 3. The lowest BCUT2D eigenvalue weighted by atomic mass is 9.96. The van der Waals surface area contributed by atoms with Gasteiger partial charge in [-0.2, -0.15) is 0 Å². The molecule has 2 heterocycles. The van der Waals surface area contributed by atoms with Crippen LogP contribution in [0.25, 0.3) is 0 Å². The highest BCUT2D eigenvalue weighted by Crippen LogP contribution is 2.43. The first-order valence-corrected chi connectivity index (χ1v) is 15.2. The molecule has 3 fully saturated rings. The number of rotatable bonds is 9. The third-order valence-corrected chi connectivity index (χ3v) is 9.01. The van der Waals surface area contributed by atoms with Crippen LogP contribution < -0.4 is 20.3 Å². The highest BCUT2D eigenvalue weighted by Gasteiger charge is 2.56. The Bertz CT molecular complexity index is 1600. The monoisotopic (exact) mass is 619 g/mol. The third-order valence-electron chi connectivity index (χ3n) is 9.01. The number of halogens is 3. The van der Waals surface area contributed by atoms with E-state index in [-0.39, 0.29) is 24.3 Å². The summed E-state index contributed by atoms with van der Waals surface area (Å²) in [6, 6.07) is 16.7. The second-order valence-corrected chi connectivity index (χ2v) is 12.1. The van der Waals surface area contributed by atoms with Gasteiger partial charge in [0.1, 0.15) is 11.3 Å². The second kappa shape index (κ2) is 12.5. The molecule has 8 nitrogen and oxygen atoms in total.